The lowest BCUT2D eigenvalue weighted by atomic mass is 9.63. The molecule has 3 unspecified atom stereocenters. The highest BCUT2D eigenvalue weighted by Gasteiger charge is 2.64. The molecule has 27 heavy (non-hydrogen) atoms. The van der Waals surface area contributed by atoms with Crippen molar-refractivity contribution in [3.05, 3.63) is 65.5 Å². The molecule has 5 heterocycles. The molecule has 6 rings (SSSR count). The van der Waals surface area contributed by atoms with Gasteiger partial charge in [-0.1, -0.05) is 24.1 Å². The van der Waals surface area contributed by atoms with Gasteiger partial charge in [-0.25, -0.2) is 0 Å². The van der Waals surface area contributed by atoms with Gasteiger partial charge in [0, 0.05) is 42.0 Å². The zero-order chi connectivity index (χ0) is 18.4. The Morgan fingerprint density at radius 2 is 2.00 bits per heavy atom. The van der Waals surface area contributed by atoms with Crippen LogP contribution < -0.4 is 5.32 Å². The number of carbonyl (C=O) groups excluding carboxylic acids is 1. The van der Waals surface area contributed by atoms with E-state index in [-0.39, 0.29) is 17.7 Å². The van der Waals surface area contributed by atoms with E-state index in [1.165, 1.54) is 12.8 Å². The van der Waals surface area contributed by atoms with Crippen LogP contribution >= 0.6 is 0 Å². The molecule has 2 aromatic rings. The van der Waals surface area contributed by atoms with Gasteiger partial charge in [-0.2, -0.15) is 0 Å². The van der Waals surface area contributed by atoms with Crippen molar-refractivity contribution in [3.8, 4) is 12.3 Å². The van der Waals surface area contributed by atoms with Crippen molar-refractivity contribution in [3.63, 3.8) is 0 Å². The van der Waals surface area contributed by atoms with Crippen molar-refractivity contribution in [1.29, 1.82) is 0 Å². The lowest BCUT2D eigenvalue weighted by Gasteiger charge is -2.57. The summed E-state index contributed by atoms with van der Waals surface area (Å²) in [5.41, 5.74) is 2.18. The molecule has 4 aliphatic rings. The van der Waals surface area contributed by atoms with E-state index >= 15 is 0 Å². The second-order valence-corrected chi connectivity index (χ2v) is 7.93. The second kappa shape index (κ2) is 6.30. The monoisotopic (exact) mass is 357 g/mol. The van der Waals surface area contributed by atoms with Crippen LogP contribution in [-0.2, 0) is 0 Å². The van der Waals surface area contributed by atoms with Crippen LogP contribution in [0.15, 0.2) is 48.8 Å². The molecule has 0 spiro atoms. The first-order chi connectivity index (χ1) is 13.2. The first-order valence-electron chi connectivity index (χ1n) is 9.75. The number of Topliss-reactive ketones (excluding diaryl/α,β-unsaturated/α-hetero) is 1. The molecule has 0 aliphatic carbocycles. The lowest BCUT2D eigenvalue weighted by Crippen LogP contribution is -2.72. The number of benzene rings is 1. The normalized spacial score (nSPS) is 34.0. The highest BCUT2D eigenvalue weighted by atomic mass is 16.1. The molecular formula is C23H23N3O. The fourth-order valence-electron chi connectivity index (χ4n) is 5.66. The molecule has 1 aromatic carbocycles. The molecule has 4 nitrogen and oxygen atoms in total. The Hall–Kier alpha value is -2.48. The number of aromatic nitrogens is 1. The minimum atomic E-state index is -0.526. The van der Waals surface area contributed by atoms with E-state index in [0.717, 1.165) is 36.3 Å². The van der Waals surface area contributed by atoms with E-state index < -0.39 is 5.54 Å². The molecule has 4 saturated heterocycles. The number of terminal acetylenes is 1. The average molecular weight is 357 g/mol. The van der Waals surface area contributed by atoms with Crippen LogP contribution in [0.2, 0.25) is 0 Å². The van der Waals surface area contributed by atoms with Gasteiger partial charge in [-0.05, 0) is 55.6 Å². The molecule has 4 aliphatic heterocycles. The van der Waals surface area contributed by atoms with Gasteiger partial charge in [0.05, 0.1) is 0 Å². The molecule has 136 valence electrons. The maximum atomic E-state index is 14.0. The van der Waals surface area contributed by atoms with Gasteiger partial charge in [-0.15, -0.1) is 6.42 Å². The van der Waals surface area contributed by atoms with E-state index in [1.807, 2.05) is 36.5 Å². The largest absolute Gasteiger partial charge is 0.311 e. The average Bonchev–Trinajstić information content (AvgIpc) is 3.18. The minimum absolute atomic E-state index is 0.110. The quantitative estimate of drug-likeness (QED) is 0.677. The van der Waals surface area contributed by atoms with Crippen LogP contribution in [0, 0.1) is 18.3 Å². The third kappa shape index (κ3) is 2.32. The third-order valence-electron chi connectivity index (χ3n) is 6.85. The Labute approximate surface area is 160 Å². The molecular weight excluding hydrogens is 334 g/mol. The van der Waals surface area contributed by atoms with E-state index in [4.69, 9.17) is 6.42 Å². The van der Waals surface area contributed by atoms with Crippen LogP contribution in [0.25, 0.3) is 0 Å². The summed E-state index contributed by atoms with van der Waals surface area (Å²) in [7, 11) is 0. The van der Waals surface area contributed by atoms with Crippen molar-refractivity contribution in [2.75, 3.05) is 19.6 Å². The fourth-order valence-corrected chi connectivity index (χ4v) is 5.66. The SMILES string of the molecule is C#Cc1ccc(C(=O)C23C(c4cccnc4)CNC2C2CCN3CC2)cc1. The number of nitrogens with zero attached hydrogens (tertiary/aromatic N) is 2. The molecule has 4 heteroatoms. The van der Waals surface area contributed by atoms with Gasteiger partial charge >= 0.3 is 0 Å². The Morgan fingerprint density at radius 3 is 2.67 bits per heavy atom. The molecule has 4 fully saturated rings. The van der Waals surface area contributed by atoms with Gasteiger partial charge in [0.2, 0.25) is 0 Å². The van der Waals surface area contributed by atoms with Crippen LogP contribution in [0.4, 0.5) is 0 Å². The predicted molar refractivity (Wildman–Crippen MR) is 105 cm³/mol. The van der Waals surface area contributed by atoms with E-state index in [2.05, 4.69) is 27.2 Å². The molecule has 1 aromatic heterocycles. The topological polar surface area (TPSA) is 45.2 Å². The molecule has 3 atom stereocenters. The zero-order valence-electron chi connectivity index (χ0n) is 15.3. The Balaban J connectivity index is 1.64. The first kappa shape index (κ1) is 16.7. The van der Waals surface area contributed by atoms with Crippen molar-refractivity contribution < 1.29 is 4.79 Å². The summed E-state index contributed by atoms with van der Waals surface area (Å²) in [6.45, 7) is 2.80. The zero-order valence-corrected chi connectivity index (χ0v) is 15.3. The maximum absolute atomic E-state index is 14.0. The number of ketones is 1. The van der Waals surface area contributed by atoms with Crippen LogP contribution in [-0.4, -0.2) is 46.9 Å². The molecule has 0 saturated carbocycles. The van der Waals surface area contributed by atoms with Crippen molar-refractivity contribution >= 4 is 5.78 Å². The Kier molecular flexibility index (Phi) is 3.89. The Bertz CT molecular complexity index is 893. The predicted octanol–water partition coefficient (Wildman–Crippen LogP) is 2.47. The second-order valence-electron chi connectivity index (χ2n) is 7.93. The van der Waals surface area contributed by atoms with Gasteiger partial charge < -0.3 is 5.32 Å². The van der Waals surface area contributed by atoms with Gasteiger partial charge in [0.25, 0.3) is 0 Å². The van der Waals surface area contributed by atoms with E-state index in [9.17, 15) is 4.79 Å². The van der Waals surface area contributed by atoms with Gasteiger partial charge in [0.15, 0.2) is 5.78 Å². The highest BCUT2D eigenvalue weighted by Crippen LogP contribution is 2.51. The number of nitrogens with one attached hydrogen (secondary N) is 1. The molecule has 2 bridgehead atoms. The summed E-state index contributed by atoms with van der Waals surface area (Å²) in [5, 5.41) is 3.73. The summed E-state index contributed by atoms with van der Waals surface area (Å²) >= 11 is 0. The number of piperidine rings is 3. The minimum Gasteiger partial charge on any atom is -0.311 e. The standard InChI is InChI=1S/C23H23N3O/c1-2-16-5-7-18(8-6-16)22(27)23-20(19-4-3-11-24-14-19)15-25-21(23)17-9-12-26(23)13-10-17/h1,3-8,11,14,17,20-21,25H,9-10,12-13,15H2. The summed E-state index contributed by atoms with van der Waals surface area (Å²) in [4.78, 5) is 20.8. The van der Waals surface area contributed by atoms with Crippen molar-refractivity contribution in [2.45, 2.75) is 30.3 Å². The highest BCUT2D eigenvalue weighted by molar-refractivity contribution is 6.05. The van der Waals surface area contributed by atoms with Crippen LogP contribution in [0.1, 0.15) is 40.2 Å². The Morgan fingerprint density at radius 1 is 1.22 bits per heavy atom. The number of rotatable bonds is 3. The number of fused-ring (bicyclic) bond motifs is 2. The smallest absolute Gasteiger partial charge is 0.185 e. The first-order valence-corrected chi connectivity index (χ1v) is 9.75. The molecule has 1 N–H and O–H groups in total. The van der Waals surface area contributed by atoms with Gasteiger partial charge in [0.1, 0.15) is 5.54 Å². The van der Waals surface area contributed by atoms with Gasteiger partial charge in [-0.3, -0.25) is 14.7 Å². The fraction of sp³-hybridized carbons (Fsp3) is 0.391. The lowest BCUT2D eigenvalue weighted by molar-refractivity contribution is -0.0313. The summed E-state index contributed by atoms with van der Waals surface area (Å²) in [6.07, 6.45) is 11.5. The summed E-state index contributed by atoms with van der Waals surface area (Å²) < 4.78 is 0. The van der Waals surface area contributed by atoms with Crippen LogP contribution in [0.5, 0.6) is 0 Å². The van der Waals surface area contributed by atoms with Crippen molar-refractivity contribution in [1.82, 2.24) is 15.2 Å². The van der Waals surface area contributed by atoms with E-state index in [0.29, 0.717) is 5.92 Å². The number of pyridine rings is 1. The maximum Gasteiger partial charge on any atom is 0.185 e. The van der Waals surface area contributed by atoms with Crippen molar-refractivity contribution in [2.24, 2.45) is 5.92 Å². The molecule has 0 radical (unpaired) electrons. The van der Waals surface area contributed by atoms with Crippen LogP contribution in [0.3, 0.4) is 0 Å². The summed E-state index contributed by atoms with van der Waals surface area (Å²) in [5.74, 6) is 3.53. The summed E-state index contributed by atoms with van der Waals surface area (Å²) in [6, 6.07) is 11.8. The number of hydrogen-bond acceptors (Lipinski definition) is 4. The number of hydrogen-bond donors (Lipinski definition) is 1. The molecule has 0 amide bonds. The van der Waals surface area contributed by atoms with E-state index in [1.54, 1.807) is 6.20 Å². The number of carbonyl (C=O) groups is 1. The third-order valence-corrected chi connectivity index (χ3v) is 6.85.